The number of ether oxygens (including phenoxy) is 1. The minimum atomic E-state index is -3.91. The predicted octanol–water partition coefficient (Wildman–Crippen LogP) is 1.16. The van der Waals surface area contributed by atoms with Gasteiger partial charge in [0.25, 0.3) is 0 Å². The van der Waals surface area contributed by atoms with E-state index in [1.165, 1.54) is 6.07 Å². The van der Waals surface area contributed by atoms with Gasteiger partial charge in [-0.15, -0.1) is 0 Å². The third kappa shape index (κ3) is 3.35. The summed E-state index contributed by atoms with van der Waals surface area (Å²) in [6.45, 7) is 2.14. The number of aliphatic hydroxyl groups excluding tert-OH is 1. The topological polar surface area (TPSA) is 75.6 Å². The molecule has 0 unspecified atom stereocenters. The highest BCUT2D eigenvalue weighted by molar-refractivity contribution is 7.89. The summed E-state index contributed by atoms with van der Waals surface area (Å²) in [7, 11) is -3.91. The van der Waals surface area contributed by atoms with Crippen LogP contribution in [0.3, 0.4) is 0 Å². The SMILES string of the molecule is CCOC1CC(NS(=O)(=O)c2cc(CO)ccc2F)C1. The van der Waals surface area contributed by atoms with E-state index in [-0.39, 0.29) is 18.8 Å². The molecule has 20 heavy (non-hydrogen) atoms. The fourth-order valence-electron chi connectivity index (χ4n) is 2.17. The first-order chi connectivity index (χ1) is 9.46. The highest BCUT2D eigenvalue weighted by atomic mass is 32.2. The van der Waals surface area contributed by atoms with E-state index in [1.54, 1.807) is 0 Å². The third-order valence-electron chi connectivity index (χ3n) is 3.29. The molecule has 1 aliphatic rings. The largest absolute Gasteiger partial charge is 0.392 e. The van der Waals surface area contributed by atoms with Gasteiger partial charge in [0.2, 0.25) is 10.0 Å². The van der Waals surface area contributed by atoms with Gasteiger partial charge in [0, 0.05) is 12.6 Å². The molecular formula is C13H18FNO4S. The van der Waals surface area contributed by atoms with Gasteiger partial charge in [-0.1, -0.05) is 6.07 Å². The van der Waals surface area contributed by atoms with Gasteiger partial charge in [-0.05, 0) is 37.5 Å². The van der Waals surface area contributed by atoms with Crippen molar-refractivity contribution >= 4 is 10.0 Å². The summed E-state index contributed by atoms with van der Waals surface area (Å²) < 4.78 is 45.7. The molecule has 1 saturated carbocycles. The maximum atomic E-state index is 13.6. The molecule has 1 aliphatic carbocycles. The lowest BCUT2D eigenvalue weighted by molar-refractivity contribution is -0.00476. The Kier molecular flexibility index (Phi) is 4.74. The standard InChI is InChI=1S/C13H18FNO4S/c1-2-19-11-6-10(7-11)15-20(17,18)13-5-9(8-16)3-4-12(13)14/h3-5,10-11,15-16H,2,6-8H2,1H3. The monoisotopic (exact) mass is 303 g/mol. The van der Waals surface area contributed by atoms with Crippen molar-refractivity contribution in [1.29, 1.82) is 0 Å². The molecule has 112 valence electrons. The fraction of sp³-hybridized carbons (Fsp3) is 0.538. The van der Waals surface area contributed by atoms with Crippen molar-refractivity contribution in [3.8, 4) is 0 Å². The molecule has 7 heteroatoms. The van der Waals surface area contributed by atoms with Crippen molar-refractivity contribution in [2.45, 2.75) is 43.4 Å². The summed E-state index contributed by atoms with van der Waals surface area (Å²) >= 11 is 0. The van der Waals surface area contributed by atoms with Crippen LogP contribution in [0.1, 0.15) is 25.3 Å². The molecular weight excluding hydrogens is 285 g/mol. The molecule has 0 atom stereocenters. The van der Waals surface area contributed by atoms with Crippen LogP contribution in [0.15, 0.2) is 23.1 Å². The molecule has 0 aromatic heterocycles. The Morgan fingerprint density at radius 1 is 1.45 bits per heavy atom. The quantitative estimate of drug-likeness (QED) is 0.827. The van der Waals surface area contributed by atoms with Crippen molar-refractivity contribution < 1.29 is 22.7 Å². The van der Waals surface area contributed by atoms with Crippen LogP contribution < -0.4 is 4.72 Å². The number of rotatable bonds is 6. The number of hydrogen-bond acceptors (Lipinski definition) is 4. The number of hydrogen-bond donors (Lipinski definition) is 2. The van der Waals surface area contributed by atoms with E-state index >= 15 is 0 Å². The molecule has 0 amide bonds. The first kappa shape index (κ1) is 15.4. The lowest BCUT2D eigenvalue weighted by Crippen LogP contribution is -2.47. The van der Waals surface area contributed by atoms with Crippen molar-refractivity contribution in [3.05, 3.63) is 29.6 Å². The van der Waals surface area contributed by atoms with Crippen molar-refractivity contribution in [2.75, 3.05) is 6.61 Å². The normalized spacial score (nSPS) is 22.6. The lowest BCUT2D eigenvalue weighted by atomic mass is 9.90. The number of nitrogens with one attached hydrogen (secondary N) is 1. The zero-order chi connectivity index (χ0) is 14.8. The van der Waals surface area contributed by atoms with Crippen LogP contribution >= 0.6 is 0 Å². The smallest absolute Gasteiger partial charge is 0.243 e. The van der Waals surface area contributed by atoms with Gasteiger partial charge in [0.15, 0.2) is 0 Å². The van der Waals surface area contributed by atoms with E-state index in [1.807, 2.05) is 6.92 Å². The fourth-order valence-corrected chi connectivity index (χ4v) is 3.56. The minimum Gasteiger partial charge on any atom is -0.392 e. The molecule has 5 nitrogen and oxygen atoms in total. The average Bonchev–Trinajstić information content (AvgIpc) is 2.36. The Morgan fingerprint density at radius 2 is 2.15 bits per heavy atom. The van der Waals surface area contributed by atoms with E-state index in [4.69, 9.17) is 9.84 Å². The summed E-state index contributed by atoms with van der Waals surface area (Å²) in [5.74, 6) is -0.824. The van der Waals surface area contributed by atoms with Gasteiger partial charge in [-0.25, -0.2) is 17.5 Å². The molecule has 1 fully saturated rings. The predicted molar refractivity (Wildman–Crippen MR) is 71.1 cm³/mol. The Morgan fingerprint density at radius 3 is 2.75 bits per heavy atom. The average molecular weight is 303 g/mol. The van der Waals surface area contributed by atoms with Crippen LogP contribution in [0.2, 0.25) is 0 Å². The van der Waals surface area contributed by atoms with E-state index < -0.39 is 20.7 Å². The summed E-state index contributed by atoms with van der Waals surface area (Å²) in [6, 6.07) is 3.32. The maximum Gasteiger partial charge on any atom is 0.243 e. The Bertz CT molecular complexity index is 570. The summed E-state index contributed by atoms with van der Waals surface area (Å²) in [6.07, 6.45) is 1.25. The second-order valence-electron chi connectivity index (χ2n) is 4.79. The molecule has 2 N–H and O–H groups in total. The van der Waals surface area contributed by atoms with Crippen LogP contribution in [0, 0.1) is 5.82 Å². The minimum absolute atomic E-state index is 0.0707. The van der Waals surface area contributed by atoms with Crippen molar-refractivity contribution in [2.24, 2.45) is 0 Å². The second kappa shape index (κ2) is 6.17. The Labute approximate surface area is 117 Å². The van der Waals surface area contributed by atoms with Gasteiger partial charge in [0.1, 0.15) is 10.7 Å². The van der Waals surface area contributed by atoms with Gasteiger partial charge >= 0.3 is 0 Å². The van der Waals surface area contributed by atoms with E-state index in [0.717, 1.165) is 12.1 Å². The number of benzene rings is 1. The summed E-state index contributed by atoms with van der Waals surface area (Å²) in [4.78, 5) is -0.427. The molecule has 1 aromatic carbocycles. The lowest BCUT2D eigenvalue weighted by Gasteiger charge is -2.35. The first-order valence-electron chi connectivity index (χ1n) is 6.49. The van der Waals surface area contributed by atoms with Crippen LogP contribution in [-0.2, 0) is 21.4 Å². The zero-order valence-corrected chi connectivity index (χ0v) is 12.0. The molecule has 2 rings (SSSR count). The Balaban J connectivity index is 2.08. The molecule has 0 aliphatic heterocycles. The number of aliphatic hydroxyl groups is 1. The number of halogens is 1. The summed E-state index contributed by atoms with van der Waals surface area (Å²) in [5, 5.41) is 9.00. The van der Waals surface area contributed by atoms with Crippen molar-refractivity contribution in [1.82, 2.24) is 4.72 Å². The van der Waals surface area contributed by atoms with Gasteiger partial charge in [0.05, 0.1) is 12.7 Å². The van der Waals surface area contributed by atoms with Crippen LogP contribution in [-0.4, -0.2) is 32.3 Å². The highest BCUT2D eigenvalue weighted by Gasteiger charge is 2.34. The van der Waals surface area contributed by atoms with Gasteiger partial charge in [-0.2, -0.15) is 0 Å². The highest BCUT2D eigenvalue weighted by Crippen LogP contribution is 2.26. The second-order valence-corrected chi connectivity index (χ2v) is 6.47. The van der Waals surface area contributed by atoms with E-state index in [9.17, 15) is 12.8 Å². The van der Waals surface area contributed by atoms with E-state index in [2.05, 4.69) is 4.72 Å². The van der Waals surface area contributed by atoms with Crippen LogP contribution in [0.4, 0.5) is 4.39 Å². The molecule has 0 spiro atoms. The van der Waals surface area contributed by atoms with E-state index in [0.29, 0.717) is 25.0 Å². The maximum absolute atomic E-state index is 13.6. The summed E-state index contributed by atoms with van der Waals surface area (Å²) in [5.41, 5.74) is 0.354. The molecule has 0 heterocycles. The molecule has 0 radical (unpaired) electrons. The molecule has 0 saturated heterocycles. The molecule has 1 aromatic rings. The first-order valence-corrected chi connectivity index (χ1v) is 7.97. The Hall–Kier alpha value is -1.02. The van der Waals surface area contributed by atoms with Crippen LogP contribution in [0.5, 0.6) is 0 Å². The van der Waals surface area contributed by atoms with Gasteiger partial charge < -0.3 is 9.84 Å². The van der Waals surface area contributed by atoms with Gasteiger partial charge in [-0.3, -0.25) is 0 Å². The van der Waals surface area contributed by atoms with Crippen LogP contribution in [0.25, 0.3) is 0 Å². The third-order valence-corrected chi connectivity index (χ3v) is 4.82. The molecule has 0 bridgehead atoms. The number of sulfonamides is 1. The zero-order valence-electron chi connectivity index (χ0n) is 11.2. The van der Waals surface area contributed by atoms with Crippen molar-refractivity contribution in [3.63, 3.8) is 0 Å².